The molecule has 0 saturated carbocycles. The van der Waals surface area contributed by atoms with Gasteiger partial charge in [-0.05, 0) is 32.2 Å². The standard InChI is InChI=1S/C12H16N2O3S/c1-12(2,3)14-11(16)17-8-10(15)13(14)7-9-5-4-6-18-9/h4-6H,7-8H2,1-3H3. The zero-order valence-corrected chi connectivity index (χ0v) is 11.5. The van der Waals surface area contributed by atoms with Gasteiger partial charge in [0.15, 0.2) is 6.61 Å². The topological polar surface area (TPSA) is 49.9 Å². The van der Waals surface area contributed by atoms with Gasteiger partial charge in [0.2, 0.25) is 0 Å². The number of hydrogen-bond acceptors (Lipinski definition) is 4. The third-order valence-corrected chi connectivity index (χ3v) is 3.40. The van der Waals surface area contributed by atoms with Crippen molar-refractivity contribution in [3.05, 3.63) is 22.4 Å². The molecular formula is C12H16N2O3S. The Morgan fingerprint density at radius 2 is 2.11 bits per heavy atom. The van der Waals surface area contributed by atoms with E-state index in [0.717, 1.165) is 4.88 Å². The van der Waals surface area contributed by atoms with E-state index in [2.05, 4.69) is 0 Å². The molecular weight excluding hydrogens is 252 g/mol. The van der Waals surface area contributed by atoms with Gasteiger partial charge in [0.05, 0.1) is 12.1 Å². The molecule has 0 atom stereocenters. The fraction of sp³-hybridized carbons (Fsp3) is 0.500. The summed E-state index contributed by atoms with van der Waals surface area (Å²) in [6, 6.07) is 3.87. The lowest BCUT2D eigenvalue weighted by Crippen LogP contribution is -2.61. The van der Waals surface area contributed by atoms with Crippen LogP contribution < -0.4 is 0 Å². The van der Waals surface area contributed by atoms with Crippen molar-refractivity contribution in [2.24, 2.45) is 0 Å². The lowest BCUT2D eigenvalue weighted by Gasteiger charge is -2.44. The third-order valence-electron chi connectivity index (χ3n) is 2.54. The highest BCUT2D eigenvalue weighted by atomic mass is 32.1. The van der Waals surface area contributed by atoms with Crippen LogP contribution in [-0.4, -0.2) is 34.2 Å². The van der Waals surface area contributed by atoms with Crippen LogP contribution in [0.3, 0.4) is 0 Å². The van der Waals surface area contributed by atoms with E-state index in [4.69, 9.17) is 4.74 Å². The maximum absolute atomic E-state index is 11.9. The van der Waals surface area contributed by atoms with E-state index in [1.165, 1.54) is 10.0 Å². The van der Waals surface area contributed by atoms with E-state index < -0.39 is 11.6 Å². The summed E-state index contributed by atoms with van der Waals surface area (Å²) in [4.78, 5) is 24.8. The smallest absolute Gasteiger partial charge is 0.429 e. The van der Waals surface area contributed by atoms with Gasteiger partial charge in [-0.1, -0.05) is 6.07 Å². The van der Waals surface area contributed by atoms with Crippen molar-refractivity contribution in [3.8, 4) is 0 Å². The van der Waals surface area contributed by atoms with Crippen LogP contribution in [0.25, 0.3) is 0 Å². The first-order valence-electron chi connectivity index (χ1n) is 5.69. The zero-order chi connectivity index (χ0) is 13.3. The number of hydrogen-bond donors (Lipinski definition) is 0. The molecule has 0 aliphatic carbocycles. The summed E-state index contributed by atoms with van der Waals surface area (Å²) >= 11 is 1.56. The number of hydrazine groups is 1. The summed E-state index contributed by atoms with van der Waals surface area (Å²) < 4.78 is 4.88. The van der Waals surface area contributed by atoms with Gasteiger partial charge in [0.1, 0.15) is 0 Å². The minimum absolute atomic E-state index is 0.184. The average molecular weight is 268 g/mol. The largest absolute Gasteiger partial charge is 0.438 e. The third kappa shape index (κ3) is 2.48. The Hall–Kier alpha value is -1.56. The Morgan fingerprint density at radius 1 is 1.39 bits per heavy atom. The van der Waals surface area contributed by atoms with E-state index in [0.29, 0.717) is 6.54 Å². The molecule has 1 aliphatic rings. The number of rotatable bonds is 2. The van der Waals surface area contributed by atoms with Crippen molar-refractivity contribution in [1.29, 1.82) is 0 Å². The number of cyclic esters (lactones) is 1. The molecule has 2 rings (SSSR count). The van der Waals surface area contributed by atoms with Crippen LogP contribution in [0, 0.1) is 0 Å². The molecule has 98 valence electrons. The van der Waals surface area contributed by atoms with Gasteiger partial charge >= 0.3 is 6.09 Å². The number of thiophene rings is 1. The molecule has 1 fully saturated rings. The Kier molecular flexibility index (Phi) is 3.30. The number of carbonyl (C=O) groups is 2. The molecule has 0 aromatic carbocycles. The predicted octanol–water partition coefficient (Wildman–Crippen LogP) is 2.24. The highest BCUT2D eigenvalue weighted by Crippen LogP contribution is 2.24. The molecule has 0 spiro atoms. The van der Waals surface area contributed by atoms with Gasteiger partial charge in [-0.15, -0.1) is 11.3 Å². The minimum atomic E-state index is -0.496. The van der Waals surface area contributed by atoms with Crippen molar-refractivity contribution in [1.82, 2.24) is 10.0 Å². The van der Waals surface area contributed by atoms with Gasteiger partial charge in [-0.2, -0.15) is 0 Å². The second-order valence-corrected chi connectivity index (χ2v) is 6.10. The molecule has 1 saturated heterocycles. The fourth-order valence-corrected chi connectivity index (χ4v) is 2.50. The van der Waals surface area contributed by atoms with Crippen LogP contribution >= 0.6 is 11.3 Å². The summed E-state index contributed by atoms with van der Waals surface area (Å²) in [5.74, 6) is -0.196. The van der Waals surface area contributed by atoms with E-state index >= 15 is 0 Å². The molecule has 0 unspecified atom stereocenters. The van der Waals surface area contributed by atoms with Crippen LogP contribution in [0.15, 0.2) is 17.5 Å². The van der Waals surface area contributed by atoms with Crippen LogP contribution in [0.4, 0.5) is 4.79 Å². The van der Waals surface area contributed by atoms with Crippen LogP contribution in [0.2, 0.25) is 0 Å². The predicted molar refractivity (Wildman–Crippen MR) is 67.8 cm³/mol. The van der Waals surface area contributed by atoms with Gasteiger partial charge in [0, 0.05) is 4.88 Å². The van der Waals surface area contributed by atoms with E-state index in [1.54, 1.807) is 11.3 Å². The van der Waals surface area contributed by atoms with Crippen LogP contribution in [0.1, 0.15) is 25.6 Å². The summed E-state index contributed by atoms with van der Waals surface area (Å²) in [7, 11) is 0. The van der Waals surface area contributed by atoms with Crippen molar-refractivity contribution in [2.75, 3.05) is 6.61 Å². The Labute approximate surface area is 110 Å². The summed E-state index contributed by atoms with van der Waals surface area (Å²) in [6.07, 6.45) is -0.473. The molecule has 1 aromatic rings. The summed E-state index contributed by atoms with van der Waals surface area (Å²) in [6.45, 7) is 5.83. The highest BCUT2D eigenvalue weighted by molar-refractivity contribution is 7.09. The SMILES string of the molecule is CC(C)(C)N1C(=O)OCC(=O)N1Cc1cccs1. The molecule has 5 nitrogen and oxygen atoms in total. The van der Waals surface area contributed by atoms with Crippen LogP contribution in [-0.2, 0) is 16.1 Å². The lowest BCUT2D eigenvalue weighted by molar-refractivity contribution is -0.171. The second kappa shape index (κ2) is 4.61. The Balaban J connectivity index is 2.26. The molecule has 1 aromatic heterocycles. The van der Waals surface area contributed by atoms with Gasteiger partial charge in [0.25, 0.3) is 5.91 Å². The van der Waals surface area contributed by atoms with E-state index in [-0.39, 0.29) is 12.5 Å². The molecule has 0 radical (unpaired) electrons. The summed E-state index contributed by atoms with van der Waals surface area (Å²) in [5.41, 5.74) is -0.496. The monoisotopic (exact) mass is 268 g/mol. The average Bonchev–Trinajstić information content (AvgIpc) is 2.74. The van der Waals surface area contributed by atoms with E-state index in [9.17, 15) is 9.59 Å². The number of nitrogens with zero attached hydrogens (tertiary/aromatic N) is 2. The second-order valence-electron chi connectivity index (χ2n) is 5.07. The minimum Gasteiger partial charge on any atom is -0.438 e. The highest BCUT2D eigenvalue weighted by Gasteiger charge is 2.40. The van der Waals surface area contributed by atoms with Crippen molar-refractivity contribution < 1.29 is 14.3 Å². The molecule has 0 bridgehead atoms. The molecule has 2 amide bonds. The molecule has 1 aliphatic heterocycles. The van der Waals surface area contributed by atoms with Gasteiger partial charge in [-0.25, -0.2) is 14.8 Å². The Bertz CT molecular complexity index is 450. The number of amides is 2. The van der Waals surface area contributed by atoms with Crippen molar-refractivity contribution >= 4 is 23.3 Å². The maximum Gasteiger partial charge on any atom is 0.429 e. The molecule has 6 heteroatoms. The van der Waals surface area contributed by atoms with Crippen molar-refractivity contribution in [3.63, 3.8) is 0 Å². The van der Waals surface area contributed by atoms with Crippen molar-refractivity contribution in [2.45, 2.75) is 32.9 Å². The fourth-order valence-electron chi connectivity index (χ4n) is 1.81. The van der Waals surface area contributed by atoms with Gasteiger partial charge in [-0.3, -0.25) is 4.79 Å². The maximum atomic E-state index is 11.9. The first-order valence-corrected chi connectivity index (χ1v) is 6.57. The molecule has 2 heterocycles. The quantitative estimate of drug-likeness (QED) is 0.826. The lowest BCUT2D eigenvalue weighted by atomic mass is 10.1. The zero-order valence-electron chi connectivity index (χ0n) is 10.7. The summed E-state index contributed by atoms with van der Waals surface area (Å²) in [5, 5.41) is 4.81. The number of ether oxygens (including phenoxy) is 1. The normalized spacial score (nSPS) is 17.1. The van der Waals surface area contributed by atoms with E-state index in [1.807, 2.05) is 38.3 Å². The molecule has 0 N–H and O–H groups in total. The first-order chi connectivity index (χ1) is 8.39. The van der Waals surface area contributed by atoms with Crippen LogP contribution in [0.5, 0.6) is 0 Å². The van der Waals surface area contributed by atoms with Gasteiger partial charge < -0.3 is 4.74 Å². The Morgan fingerprint density at radius 3 is 2.67 bits per heavy atom. The first kappa shape index (κ1) is 12.9. The molecule has 18 heavy (non-hydrogen) atoms. The number of carbonyl (C=O) groups excluding carboxylic acids is 2.